The molecule has 0 radical (unpaired) electrons. The van der Waals surface area contributed by atoms with Crippen LogP contribution >= 0.6 is 12.6 Å². The third-order valence-corrected chi connectivity index (χ3v) is 10.5. The van der Waals surface area contributed by atoms with Crippen LogP contribution in [0.5, 0.6) is 0 Å². The van der Waals surface area contributed by atoms with Crippen molar-refractivity contribution in [1.29, 1.82) is 0 Å². The van der Waals surface area contributed by atoms with E-state index in [1.165, 1.54) is 46.2 Å². The highest BCUT2D eigenvalue weighted by Gasteiger charge is 2.18. The van der Waals surface area contributed by atoms with Gasteiger partial charge in [0.2, 0.25) is 0 Å². The Bertz CT molecular complexity index is 1470. The van der Waals surface area contributed by atoms with Crippen molar-refractivity contribution in [2.75, 3.05) is 5.75 Å². The molecular formula is C45H60S. The molecule has 2 atom stereocenters. The molecule has 0 nitrogen and oxygen atoms in total. The van der Waals surface area contributed by atoms with Crippen molar-refractivity contribution in [2.24, 2.45) is 0 Å². The predicted octanol–water partition coefficient (Wildman–Crippen LogP) is 12.4. The molecule has 46 heavy (non-hydrogen) atoms. The summed E-state index contributed by atoms with van der Waals surface area (Å²) in [5.74, 6) is 2.60. The average molecular weight is 633 g/mol. The molecule has 0 N–H and O–H groups in total. The second kappa shape index (κ2) is 17.4. The molecule has 0 aliphatic heterocycles. The first kappa shape index (κ1) is 36.1. The summed E-state index contributed by atoms with van der Waals surface area (Å²) < 4.78 is 0. The van der Waals surface area contributed by atoms with Crippen LogP contribution in [0.2, 0.25) is 0 Å². The van der Waals surface area contributed by atoms with Crippen molar-refractivity contribution in [3.8, 4) is 0 Å². The quantitative estimate of drug-likeness (QED) is 0.117. The fourth-order valence-electron chi connectivity index (χ4n) is 7.65. The topological polar surface area (TPSA) is 0 Å². The van der Waals surface area contributed by atoms with Crippen molar-refractivity contribution in [3.05, 3.63) is 140 Å². The van der Waals surface area contributed by atoms with Gasteiger partial charge in [0.25, 0.3) is 0 Å². The molecule has 0 saturated heterocycles. The van der Waals surface area contributed by atoms with Crippen molar-refractivity contribution in [3.63, 3.8) is 0 Å². The fourth-order valence-corrected chi connectivity index (χ4v) is 7.91. The van der Waals surface area contributed by atoms with Gasteiger partial charge in [-0.05, 0) is 148 Å². The standard InChI is InChI=1S/C45H60S/c1-9-39-27-37(28-40(10-2)44(39)31(5)6)26-38-29-41(11-3)45(42(12-4)30-38)33(8)14-13-32(7)43-21-19-36(20-22-43)25-35-17-15-34(16-18-35)23-24-46/h15-22,27-33,46H,9-14,23-26H2,1-8H3. The van der Waals surface area contributed by atoms with Gasteiger partial charge in [-0.2, -0.15) is 12.6 Å². The summed E-state index contributed by atoms with van der Waals surface area (Å²) in [6.45, 7) is 18.9. The Morgan fingerprint density at radius 1 is 0.478 bits per heavy atom. The van der Waals surface area contributed by atoms with Crippen LogP contribution in [0.25, 0.3) is 0 Å². The zero-order chi connectivity index (χ0) is 33.2. The maximum absolute atomic E-state index is 4.36. The van der Waals surface area contributed by atoms with Gasteiger partial charge >= 0.3 is 0 Å². The lowest BCUT2D eigenvalue weighted by Crippen LogP contribution is -2.08. The molecule has 0 amide bonds. The van der Waals surface area contributed by atoms with Gasteiger partial charge in [-0.3, -0.25) is 0 Å². The van der Waals surface area contributed by atoms with E-state index in [-0.39, 0.29) is 0 Å². The summed E-state index contributed by atoms with van der Waals surface area (Å²) in [6, 6.07) is 28.5. The molecule has 0 saturated carbocycles. The van der Waals surface area contributed by atoms with Crippen molar-refractivity contribution >= 4 is 12.6 Å². The average Bonchev–Trinajstić information content (AvgIpc) is 3.07. The SMILES string of the molecule is CCc1cc(Cc2cc(CC)c(C(C)CCC(C)c3ccc(Cc4ccc(CCS)cc4)cc3)c(CC)c2)cc(CC)c1C(C)C. The minimum absolute atomic E-state index is 0.556. The molecule has 0 heterocycles. The zero-order valence-electron chi connectivity index (χ0n) is 30.2. The van der Waals surface area contributed by atoms with Crippen LogP contribution in [0.4, 0.5) is 0 Å². The van der Waals surface area contributed by atoms with Crippen LogP contribution in [0, 0.1) is 0 Å². The molecule has 2 unspecified atom stereocenters. The third-order valence-electron chi connectivity index (χ3n) is 10.2. The van der Waals surface area contributed by atoms with Crippen LogP contribution in [-0.4, -0.2) is 5.75 Å². The Kier molecular flexibility index (Phi) is 13.6. The minimum atomic E-state index is 0.556. The molecule has 0 fully saturated rings. The minimum Gasteiger partial charge on any atom is -0.179 e. The predicted molar refractivity (Wildman–Crippen MR) is 207 cm³/mol. The lowest BCUT2D eigenvalue weighted by molar-refractivity contribution is 0.568. The smallest absolute Gasteiger partial charge is 0.00254 e. The van der Waals surface area contributed by atoms with E-state index >= 15 is 0 Å². The molecule has 0 aliphatic rings. The number of hydrogen-bond donors (Lipinski definition) is 1. The maximum Gasteiger partial charge on any atom is -0.00254 e. The van der Waals surface area contributed by atoms with E-state index in [4.69, 9.17) is 0 Å². The van der Waals surface area contributed by atoms with E-state index in [1.807, 2.05) is 0 Å². The Labute approximate surface area is 287 Å². The van der Waals surface area contributed by atoms with Gasteiger partial charge < -0.3 is 0 Å². The van der Waals surface area contributed by atoms with Crippen molar-refractivity contribution in [2.45, 2.75) is 131 Å². The number of benzene rings is 4. The van der Waals surface area contributed by atoms with Gasteiger partial charge in [-0.1, -0.05) is 128 Å². The van der Waals surface area contributed by atoms with E-state index in [0.29, 0.717) is 17.8 Å². The van der Waals surface area contributed by atoms with Crippen LogP contribution in [-0.2, 0) is 44.9 Å². The summed E-state index contributed by atoms with van der Waals surface area (Å²) in [7, 11) is 0. The number of rotatable bonds is 16. The van der Waals surface area contributed by atoms with Crippen molar-refractivity contribution < 1.29 is 0 Å². The number of hydrogen-bond acceptors (Lipinski definition) is 1. The molecule has 1 heteroatoms. The highest BCUT2D eigenvalue weighted by atomic mass is 32.1. The Hall–Kier alpha value is -2.77. The molecule has 4 aromatic rings. The monoisotopic (exact) mass is 632 g/mol. The van der Waals surface area contributed by atoms with Gasteiger partial charge in [0.15, 0.2) is 0 Å². The van der Waals surface area contributed by atoms with Crippen LogP contribution in [0.1, 0.15) is 153 Å². The molecule has 0 aliphatic carbocycles. The van der Waals surface area contributed by atoms with Gasteiger partial charge in [0.1, 0.15) is 0 Å². The van der Waals surface area contributed by atoms with Crippen LogP contribution in [0.15, 0.2) is 72.8 Å². The highest BCUT2D eigenvalue weighted by molar-refractivity contribution is 7.80. The zero-order valence-corrected chi connectivity index (χ0v) is 31.1. The van der Waals surface area contributed by atoms with Gasteiger partial charge in [0.05, 0.1) is 0 Å². The van der Waals surface area contributed by atoms with E-state index in [9.17, 15) is 0 Å². The van der Waals surface area contributed by atoms with E-state index in [1.54, 1.807) is 33.4 Å². The first-order valence-electron chi connectivity index (χ1n) is 18.3. The molecule has 0 aromatic heterocycles. The van der Waals surface area contributed by atoms with Crippen LogP contribution < -0.4 is 0 Å². The Balaban J connectivity index is 1.44. The maximum atomic E-state index is 4.36. The lowest BCUT2D eigenvalue weighted by atomic mass is 9.81. The first-order chi connectivity index (χ1) is 22.2. The second-order valence-corrected chi connectivity index (χ2v) is 14.4. The van der Waals surface area contributed by atoms with E-state index < -0.39 is 0 Å². The highest BCUT2D eigenvalue weighted by Crippen LogP contribution is 2.34. The summed E-state index contributed by atoms with van der Waals surface area (Å²) in [5.41, 5.74) is 18.0. The number of aryl methyl sites for hydroxylation is 5. The second-order valence-electron chi connectivity index (χ2n) is 14.0. The Morgan fingerprint density at radius 3 is 1.30 bits per heavy atom. The molecule has 246 valence electrons. The molecule has 0 spiro atoms. The fraction of sp³-hybridized carbons (Fsp3) is 0.467. The first-order valence-corrected chi connectivity index (χ1v) is 18.9. The van der Waals surface area contributed by atoms with Gasteiger partial charge in [-0.15, -0.1) is 0 Å². The summed E-state index contributed by atoms with van der Waals surface area (Å²) in [6.07, 6.45) is 9.91. The van der Waals surface area contributed by atoms with Crippen molar-refractivity contribution in [1.82, 2.24) is 0 Å². The number of thiol groups is 1. The Morgan fingerprint density at radius 2 is 0.870 bits per heavy atom. The molecule has 4 aromatic carbocycles. The van der Waals surface area contributed by atoms with E-state index in [0.717, 1.165) is 50.7 Å². The molecule has 0 bridgehead atoms. The lowest BCUT2D eigenvalue weighted by Gasteiger charge is -2.23. The summed E-state index contributed by atoms with van der Waals surface area (Å²) in [4.78, 5) is 0. The third kappa shape index (κ3) is 9.19. The van der Waals surface area contributed by atoms with E-state index in [2.05, 4.69) is 141 Å². The molecular weight excluding hydrogens is 573 g/mol. The molecule has 4 rings (SSSR count). The largest absolute Gasteiger partial charge is 0.179 e. The van der Waals surface area contributed by atoms with Gasteiger partial charge in [0, 0.05) is 0 Å². The normalized spacial score (nSPS) is 12.9. The summed E-state index contributed by atoms with van der Waals surface area (Å²) in [5, 5.41) is 0. The van der Waals surface area contributed by atoms with Gasteiger partial charge in [-0.25, -0.2) is 0 Å². The van der Waals surface area contributed by atoms with Crippen LogP contribution in [0.3, 0.4) is 0 Å². The summed E-state index contributed by atoms with van der Waals surface area (Å²) >= 11 is 4.36.